The number of aryl methyl sites for hydroxylation is 2. The number of esters is 1. The van der Waals surface area contributed by atoms with Gasteiger partial charge in [-0.05, 0) is 93.7 Å². The molecule has 0 aliphatic carbocycles. The number of thiophene rings is 1. The van der Waals surface area contributed by atoms with Crippen LogP contribution in [0.25, 0.3) is 5.00 Å². The van der Waals surface area contributed by atoms with Crippen LogP contribution >= 0.6 is 50.2 Å². The summed E-state index contributed by atoms with van der Waals surface area (Å²) < 4.78 is 14.0. The minimum Gasteiger partial charge on any atom is -0.494 e. The molecule has 5 aromatic rings. The first-order valence-corrected chi connectivity index (χ1v) is 18.8. The predicted molar refractivity (Wildman–Crippen MR) is 203 cm³/mol. The maximum absolute atomic E-state index is 12.7. The molecule has 3 aromatic heterocycles. The molecule has 0 saturated carbocycles. The maximum Gasteiger partial charge on any atom is 0.308 e. The number of nitrogens with zero attached hydrogens (tertiary/aromatic N) is 5. The topological polar surface area (TPSA) is 121 Å². The number of fused-ring (bicyclic) bond motifs is 3. The number of amides is 1. The van der Waals surface area contributed by atoms with E-state index in [1.807, 2.05) is 86.9 Å². The third-order valence-corrected chi connectivity index (χ3v) is 10.3. The zero-order chi connectivity index (χ0) is 36.0. The summed E-state index contributed by atoms with van der Waals surface area (Å²) in [6.07, 6.45) is 2.84. The van der Waals surface area contributed by atoms with Gasteiger partial charge in [-0.2, -0.15) is 0 Å². The van der Waals surface area contributed by atoms with Crippen LogP contribution in [0.2, 0.25) is 5.02 Å². The third kappa shape index (κ3) is 9.65. The van der Waals surface area contributed by atoms with Crippen LogP contribution in [-0.4, -0.2) is 49.5 Å². The average molecular weight is 798 g/mol. The van der Waals surface area contributed by atoms with Gasteiger partial charge in [0.05, 0.1) is 28.7 Å². The second-order valence-corrected chi connectivity index (χ2v) is 16.5. The van der Waals surface area contributed by atoms with E-state index in [0.717, 1.165) is 42.8 Å². The molecule has 0 spiro atoms. The van der Waals surface area contributed by atoms with E-state index < -0.39 is 11.6 Å². The van der Waals surface area contributed by atoms with Gasteiger partial charge in [-0.15, -0.1) is 21.5 Å². The highest BCUT2D eigenvalue weighted by Gasteiger charge is 2.33. The Morgan fingerprint density at radius 2 is 1.74 bits per heavy atom. The molecule has 0 unspecified atom stereocenters. The fraction of sp³-hybridized carbons (Fsp3) is 0.333. The molecule has 1 aliphatic heterocycles. The third-order valence-electron chi connectivity index (χ3n) is 7.42. The summed E-state index contributed by atoms with van der Waals surface area (Å²) >= 11 is 12.5. The van der Waals surface area contributed by atoms with E-state index in [1.54, 1.807) is 17.5 Å². The monoisotopic (exact) mass is 796 g/mol. The summed E-state index contributed by atoms with van der Waals surface area (Å²) in [6, 6.07) is 16.7. The normalized spacial score (nSPS) is 13.6. The Bertz CT molecular complexity index is 1980. The van der Waals surface area contributed by atoms with Crippen molar-refractivity contribution in [3.8, 4) is 10.8 Å². The van der Waals surface area contributed by atoms with Gasteiger partial charge in [-0.3, -0.25) is 19.1 Å². The van der Waals surface area contributed by atoms with Crippen molar-refractivity contribution in [3.63, 3.8) is 0 Å². The number of aliphatic imine (C=N–C) groups is 1. The van der Waals surface area contributed by atoms with E-state index in [2.05, 4.69) is 50.3 Å². The van der Waals surface area contributed by atoms with E-state index in [9.17, 15) is 9.59 Å². The highest BCUT2D eigenvalue weighted by Crippen LogP contribution is 2.39. The summed E-state index contributed by atoms with van der Waals surface area (Å²) in [4.78, 5) is 34.6. The molecule has 4 heterocycles. The molecule has 0 saturated heterocycles. The highest BCUT2D eigenvalue weighted by molar-refractivity contribution is 9.11. The first-order valence-electron chi connectivity index (χ1n) is 16.0. The predicted octanol–water partition coefficient (Wildman–Crippen LogP) is 9.23. The molecule has 2 aromatic carbocycles. The maximum atomic E-state index is 12.7. The van der Waals surface area contributed by atoms with Gasteiger partial charge in [-0.1, -0.05) is 53.3 Å². The molecule has 1 atom stereocenters. The molecule has 6 rings (SSSR count). The van der Waals surface area contributed by atoms with Gasteiger partial charge in [0.1, 0.15) is 28.2 Å². The van der Waals surface area contributed by atoms with Crippen molar-refractivity contribution in [2.45, 2.75) is 72.4 Å². The van der Waals surface area contributed by atoms with E-state index in [4.69, 9.17) is 26.1 Å². The Hall–Kier alpha value is -3.91. The molecule has 262 valence electrons. The van der Waals surface area contributed by atoms with E-state index in [-0.39, 0.29) is 18.3 Å². The summed E-state index contributed by atoms with van der Waals surface area (Å²) in [7, 11) is 0. The Labute approximate surface area is 313 Å². The number of carbonyl (C=O) groups is 2. The number of hydrogen-bond acceptors (Lipinski definition) is 10. The Kier molecular flexibility index (Phi) is 12.3. The van der Waals surface area contributed by atoms with E-state index in [0.29, 0.717) is 35.4 Å². The number of ether oxygens (including phenoxy) is 2. The fourth-order valence-electron chi connectivity index (χ4n) is 5.11. The first kappa shape index (κ1) is 37.3. The zero-order valence-corrected chi connectivity index (χ0v) is 32.6. The smallest absolute Gasteiger partial charge is 0.308 e. The molecule has 14 heteroatoms. The number of nitrogens with one attached hydrogen (secondary N) is 1. The number of carbonyl (C=O) groups excluding carboxylic acids is 2. The highest BCUT2D eigenvalue weighted by atomic mass is 79.9. The van der Waals surface area contributed by atoms with Crippen LogP contribution in [0, 0.1) is 20.8 Å². The van der Waals surface area contributed by atoms with Crippen molar-refractivity contribution in [3.05, 3.63) is 103 Å². The van der Waals surface area contributed by atoms with Gasteiger partial charge < -0.3 is 14.8 Å². The van der Waals surface area contributed by atoms with Crippen molar-refractivity contribution in [1.29, 1.82) is 0 Å². The van der Waals surface area contributed by atoms with Gasteiger partial charge in [0.15, 0.2) is 11.0 Å². The fourth-order valence-corrected chi connectivity index (χ4v) is 7.57. The molecule has 0 bridgehead atoms. The second kappa shape index (κ2) is 16.4. The summed E-state index contributed by atoms with van der Waals surface area (Å²) in [5.41, 5.74) is 3.40. The number of anilines is 1. The van der Waals surface area contributed by atoms with Gasteiger partial charge in [0, 0.05) is 27.4 Å². The largest absolute Gasteiger partial charge is 0.494 e. The molecular formula is C36H38BrClN6O4S2. The summed E-state index contributed by atoms with van der Waals surface area (Å²) in [5, 5.41) is 13.8. The van der Waals surface area contributed by atoms with E-state index in [1.165, 1.54) is 16.2 Å². The van der Waals surface area contributed by atoms with Gasteiger partial charge in [0.2, 0.25) is 5.91 Å². The van der Waals surface area contributed by atoms with Crippen LogP contribution in [0.15, 0.2) is 69.6 Å². The van der Waals surface area contributed by atoms with E-state index >= 15 is 0 Å². The number of aromatic nitrogens is 4. The standard InChI is InChI=1S/C23H25ClN4O2S.C13H13BrN2O2S/c1-12-13(2)31-22-19(12)20(15-7-9-16(24)10-8-15)25-17(11-18(29)30-23(4,5)6)21-27-26-14(3)28(21)22;14-11-9-15-13(19-11)16-12(17)7-4-8-18-10-5-2-1-3-6-10/h7-10,17H,11H2,1-6H3;1-3,5-6,9H,4,7-8H2,(H,15,16,17)/t17-;/m0./s1. The molecule has 1 amide bonds. The van der Waals surface area contributed by atoms with Gasteiger partial charge in [-0.25, -0.2) is 4.98 Å². The lowest BCUT2D eigenvalue weighted by atomic mass is 9.99. The summed E-state index contributed by atoms with van der Waals surface area (Å²) in [6.45, 7) is 12.2. The number of thiazole rings is 1. The van der Waals surface area contributed by atoms with Gasteiger partial charge in [0.25, 0.3) is 0 Å². The van der Waals surface area contributed by atoms with Crippen molar-refractivity contribution >= 4 is 72.9 Å². The quantitative estimate of drug-likeness (QED) is 0.117. The van der Waals surface area contributed by atoms with Crippen molar-refractivity contribution in [2.24, 2.45) is 4.99 Å². The number of benzene rings is 2. The van der Waals surface area contributed by atoms with Crippen LogP contribution in [0.3, 0.4) is 0 Å². The van der Waals surface area contributed by atoms with Gasteiger partial charge >= 0.3 is 5.97 Å². The molecular weight excluding hydrogens is 760 g/mol. The van der Waals surface area contributed by atoms with Crippen molar-refractivity contribution in [1.82, 2.24) is 19.7 Å². The molecule has 0 radical (unpaired) electrons. The molecule has 1 aliphatic rings. The lowest BCUT2D eigenvalue weighted by Gasteiger charge is -2.21. The molecule has 1 N–H and O–H groups in total. The summed E-state index contributed by atoms with van der Waals surface area (Å²) in [5.74, 6) is 1.88. The van der Waals surface area contributed by atoms with Crippen molar-refractivity contribution in [2.75, 3.05) is 11.9 Å². The SMILES string of the molecule is Cc1sc2c(c1C)C(c1ccc(Cl)cc1)=N[C@@H](CC(=O)OC(C)(C)C)c1nnc(C)n1-2.O=C(CCCOc1ccccc1)Nc1ncc(Br)s1. The van der Waals surface area contributed by atoms with Crippen LogP contribution in [0.1, 0.15) is 79.3 Å². The minimum atomic E-state index is -0.569. The second-order valence-electron chi connectivity index (χ2n) is 12.5. The number of rotatable bonds is 9. The lowest BCUT2D eigenvalue weighted by Crippen LogP contribution is -2.25. The Morgan fingerprint density at radius 1 is 1.02 bits per heavy atom. The Morgan fingerprint density at radius 3 is 2.40 bits per heavy atom. The lowest BCUT2D eigenvalue weighted by molar-refractivity contribution is -0.155. The van der Waals surface area contributed by atoms with Crippen LogP contribution in [0.5, 0.6) is 5.75 Å². The molecule has 10 nitrogen and oxygen atoms in total. The minimum absolute atomic E-state index is 0.0430. The zero-order valence-electron chi connectivity index (χ0n) is 28.6. The van der Waals surface area contributed by atoms with Crippen LogP contribution in [-0.2, 0) is 14.3 Å². The number of halogens is 2. The number of hydrogen-bond donors (Lipinski definition) is 1. The first-order chi connectivity index (χ1) is 23.8. The Balaban J connectivity index is 0.000000219. The number of para-hydroxylation sites is 1. The van der Waals surface area contributed by atoms with Crippen molar-refractivity contribution < 1.29 is 19.1 Å². The molecule has 0 fully saturated rings. The van der Waals surface area contributed by atoms with Crippen LogP contribution in [0.4, 0.5) is 5.13 Å². The average Bonchev–Trinajstić information content (AvgIpc) is 3.71. The molecule has 50 heavy (non-hydrogen) atoms. The van der Waals surface area contributed by atoms with Crippen LogP contribution < -0.4 is 10.1 Å².